The number of carbonyl (C=O) groups is 1. The van der Waals surface area contributed by atoms with Gasteiger partial charge in [0.1, 0.15) is 11.4 Å². The highest BCUT2D eigenvalue weighted by Crippen LogP contribution is 2.28. The fourth-order valence-corrected chi connectivity index (χ4v) is 3.28. The van der Waals surface area contributed by atoms with Gasteiger partial charge in [-0.25, -0.2) is 4.79 Å². The van der Waals surface area contributed by atoms with Gasteiger partial charge in [-0.2, -0.15) is 0 Å². The summed E-state index contributed by atoms with van der Waals surface area (Å²) in [7, 11) is 0. The van der Waals surface area contributed by atoms with Crippen LogP contribution in [0.1, 0.15) is 57.6 Å². The van der Waals surface area contributed by atoms with Gasteiger partial charge in [0.15, 0.2) is 0 Å². The number of benzene rings is 1. The zero-order valence-corrected chi connectivity index (χ0v) is 14.4. The Morgan fingerprint density at radius 2 is 1.91 bits per heavy atom. The van der Waals surface area contributed by atoms with E-state index in [1.807, 2.05) is 26.8 Å². The van der Waals surface area contributed by atoms with E-state index in [1.165, 1.54) is 36.8 Å². The second kappa shape index (κ2) is 6.42. The summed E-state index contributed by atoms with van der Waals surface area (Å²) in [5.74, 6) is 0.973. The minimum atomic E-state index is -0.448. The fraction of sp³-hybridized carbons (Fsp3) is 0.632. The second-order valence-corrected chi connectivity index (χ2v) is 7.61. The van der Waals surface area contributed by atoms with Gasteiger partial charge in [0.05, 0.1) is 6.10 Å². The summed E-state index contributed by atoms with van der Waals surface area (Å²) < 4.78 is 11.5. The van der Waals surface area contributed by atoms with Crippen LogP contribution in [0.4, 0.5) is 4.79 Å². The van der Waals surface area contributed by atoms with E-state index in [9.17, 15) is 4.79 Å². The third kappa shape index (κ3) is 4.18. The monoisotopic (exact) mass is 317 g/mol. The molecule has 1 aromatic rings. The molecule has 23 heavy (non-hydrogen) atoms. The highest BCUT2D eigenvalue weighted by atomic mass is 16.6. The molecular weight excluding hydrogens is 290 g/mol. The van der Waals surface area contributed by atoms with Gasteiger partial charge >= 0.3 is 6.09 Å². The number of hydrogen-bond acceptors (Lipinski definition) is 3. The molecule has 0 radical (unpaired) electrons. The van der Waals surface area contributed by atoms with Gasteiger partial charge in [-0.05, 0) is 76.1 Å². The molecule has 0 atom stereocenters. The molecule has 1 aliphatic heterocycles. The molecule has 0 saturated heterocycles. The van der Waals surface area contributed by atoms with Crippen molar-refractivity contribution in [2.75, 3.05) is 6.54 Å². The lowest BCUT2D eigenvalue weighted by Crippen LogP contribution is -2.39. The van der Waals surface area contributed by atoms with E-state index in [0.717, 1.165) is 12.2 Å². The zero-order chi connectivity index (χ0) is 16.4. The number of fused-ring (bicyclic) bond motifs is 1. The Labute approximate surface area is 138 Å². The molecule has 0 spiro atoms. The maximum Gasteiger partial charge on any atom is 0.410 e. The minimum absolute atomic E-state index is 0.227. The van der Waals surface area contributed by atoms with Crippen LogP contribution in [0, 0.1) is 0 Å². The first-order valence-electron chi connectivity index (χ1n) is 8.67. The number of nitrogens with zero attached hydrogens (tertiary/aromatic N) is 1. The topological polar surface area (TPSA) is 38.8 Å². The lowest BCUT2D eigenvalue weighted by molar-refractivity contribution is 0.0224. The van der Waals surface area contributed by atoms with Crippen LogP contribution in [-0.4, -0.2) is 29.2 Å². The number of carbonyl (C=O) groups excluding carboxylic acids is 1. The molecule has 0 aromatic heterocycles. The van der Waals surface area contributed by atoms with E-state index < -0.39 is 5.60 Å². The molecule has 1 saturated carbocycles. The molecular formula is C19H27NO3. The van der Waals surface area contributed by atoms with Crippen LogP contribution in [0.25, 0.3) is 0 Å². The Morgan fingerprint density at radius 3 is 2.61 bits per heavy atom. The first-order chi connectivity index (χ1) is 10.9. The first-order valence-corrected chi connectivity index (χ1v) is 8.67. The summed E-state index contributed by atoms with van der Waals surface area (Å²) in [5, 5.41) is 0. The van der Waals surface area contributed by atoms with E-state index >= 15 is 0 Å². The van der Waals surface area contributed by atoms with Gasteiger partial charge < -0.3 is 14.4 Å². The van der Waals surface area contributed by atoms with Gasteiger partial charge in [-0.1, -0.05) is 6.07 Å². The van der Waals surface area contributed by atoms with Crippen molar-refractivity contribution in [1.29, 1.82) is 0 Å². The molecule has 1 fully saturated rings. The van der Waals surface area contributed by atoms with E-state index in [1.54, 1.807) is 4.90 Å². The molecule has 1 amide bonds. The van der Waals surface area contributed by atoms with Gasteiger partial charge in [-0.15, -0.1) is 0 Å². The number of hydrogen-bond donors (Lipinski definition) is 0. The maximum atomic E-state index is 12.2. The van der Waals surface area contributed by atoms with Crippen molar-refractivity contribution in [2.24, 2.45) is 0 Å². The summed E-state index contributed by atoms with van der Waals surface area (Å²) in [6, 6.07) is 6.28. The largest absolute Gasteiger partial charge is 0.490 e. The normalized spacial score (nSPS) is 18.7. The highest BCUT2D eigenvalue weighted by molar-refractivity contribution is 5.68. The minimum Gasteiger partial charge on any atom is -0.490 e. The standard InChI is InChI=1S/C19H27NO3/c1-19(2,3)23-18(21)20-11-10-14-12-17(9-8-15(14)13-20)22-16-6-4-5-7-16/h8-9,12,16H,4-7,10-11,13H2,1-3H3. The van der Waals surface area contributed by atoms with Crippen LogP contribution in [0.15, 0.2) is 18.2 Å². The number of rotatable bonds is 2. The predicted molar refractivity (Wildman–Crippen MR) is 89.7 cm³/mol. The first kappa shape index (κ1) is 16.2. The predicted octanol–water partition coefficient (Wildman–Crippen LogP) is 4.30. The van der Waals surface area contributed by atoms with Crippen LogP contribution in [0.2, 0.25) is 0 Å². The Bertz CT molecular complexity index is 570. The lowest BCUT2D eigenvalue weighted by atomic mass is 10.00. The molecule has 0 N–H and O–H groups in total. The molecule has 0 bridgehead atoms. The van der Waals surface area contributed by atoms with Crippen LogP contribution < -0.4 is 4.74 Å². The highest BCUT2D eigenvalue weighted by Gasteiger charge is 2.26. The van der Waals surface area contributed by atoms with E-state index in [4.69, 9.17) is 9.47 Å². The molecule has 3 rings (SSSR count). The van der Waals surface area contributed by atoms with E-state index in [-0.39, 0.29) is 6.09 Å². The molecule has 1 heterocycles. The summed E-state index contributed by atoms with van der Waals surface area (Å²) in [6.45, 7) is 7.02. The molecule has 0 unspecified atom stereocenters. The molecule has 4 heteroatoms. The van der Waals surface area contributed by atoms with Crippen LogP contribution >= 0.6 is 0 Å². The van der Waals surface area contributed by atoms with Crippen LogP contribution in [-0.2, 0) is 17.7 Å². The van der Waals surface area contributed by atoms with Crippen molar-refractivity contribution in [2.45, 2.75) is 71.1 Å². The zero-order valence-electron chi connectivity index (χ0n) is 14.4. The van der Waals surface area contributed by atoms with Crippen molar-refractivity contribution in [3.63, 3.8) is 0 Å². The van der Waals surface area contributed by atoms with Gasteiger partial charge in [0, 0.05) is 13.1 Å². The molecule has 1 aromatic carbocycles. The third-order valence-corrected chi connectivity index (χ3v) is 4.45. The summed E-state index contributed by atoms with van der Waals surface area (Å²) in [5.41, 5.74) is 2.04. The van der Waals surface area contributed by atoms with Crippen LogP contribution in [0.5, 0.6) is 5.75 Å². The Hall–Kier alpha value is -1.71. The molecule has 4 nitrogen and oxygen atoms in total. The van der Waals surface area contributed by atoms with Crippen molar-refractivity contribution in [1.82, 2.24) is 4.90 Å². The Balaban J connectivity index is 1.64. The summed E-state index contributed by atoms with van der Waals surface area (Å²) >= 11 is 0. The van der Waals surface area contributed by atoms with Crippen LogP contribution in [0.3, 0.4) is 0 Å². The second-order valence-electron chi connectivity index (χ2n) is 7.61. The van der Waals surface area contributed by atoms with E-state index in [2.05, 4.69) is 12.1 Å². The Kier molecular flexibility index (Phi) is 4.51. The molecule has 1 aliphatic carbocycles. The van der Waals surface area contributed by atoms with Crippen molar-refractivity contribution < 1.29 is 14.3 Å². The molecule has 126 valence electrons. The molecule has 2 aliphatic rings. The van der Waals surface area contributed by atoms with Gasteiger partial charge in [-0.3, -0.25) is 0 Å². The Morgan fingerprint density at radius 1 is 1.17 bits per heavy atom. The van der Waals surface area contributed by atoms with Crippen molar-refractivity contribution in [3.05, 3.63) is 29.3 Å². The SMILES string of the molecule is CC(C)(C)OC(=O)N1CCc2cc(OC3CCCC3)ccc2C1. The average Bonchev–Trinajstić information content (AvgIpc) is 2.98. The van der Waals surface area contributed by atoms with Crippen molar-refractivity contribution in [3.8, 4) is 5.75 Å². The lowest BCUT2D eigenvalue weighted by Gasteiger charge is -2.31. The smallest absolute Gasteiger partial charge is 0.410 e. The number of ether oxygens (including phenoxy) is 2. The summed E-state index contributed by atoms with van der Waals surface area (Å²) in [6.07, 6.45) is 5.91. The fourth-order valence-electron chi connectivity index (χ4n) is 3.28. The van der Waals surface area contributed by atoms with E-state index in [0.29, 0.717) is 19.2 Å². The van der Waals surface area contributed by atoms with Gasteiger partial charge in [0.2, 0.25) is 0 Å². The van der Waals surface area contributed by atoms with Crippen molar-refractivity contribution >= 4 is 6.09 Å². The maximum absolute atomic E-state index is 12.2. The quantitative estimate of drug-likeness (QED) is 0.816. The summed E-state index contributed by atoms with van der Waals surface area (Å²) in [4.78, 5) is 14.0. The van der Waals surface area contributed by atoms with Gasteiger partial charge in [0.25, 0.3) is 0 Å². The third-order valence-electron chi connectivity index (χ3n) is 4.45. The number of amides is 1. The average molecular weight is 317 g/mol.